The Morgan fingerprint density at radius 1 is 0.224 bits per heavy atom. The van der Waals surface area contributed by atoms with Gasteiger partial charge in [0.2, 0.25) is 0 Å². The maximum absolute atomic E-state index is 11.2. The fraction of sp³-hybridized carbons (Fsp3) is 0.455. The predicted octanol–water partition coefficient (Wildman–Crippen LogP) is 22.5. The van der Waals surface area contributed by atoms with Crippen molar-refractivity contribution in [3.63, 3.8) is 0 Å². The molecule has 0 spiro atoms. The summed E-state index contributed by atoms with van der Waals surface area (Å²) in [6.07, 6.45) is 0. The van der Waals surface area contributed by atoms with E-state index in [9.17, 15) is 25.5 Å². The maximum atomic E-state index is 11.2. The van der Waals surface area contributed by atoms with Gasteiger partial charge in [-0.2, -0.15) is 0 Å². The molecule has 10 N–H and O–H groups in total. The van der Waals surface area contributed by atoms with Gasteiger partial charge in [0, 0.05) is 98.1 Å². The predicted molar refractivity (Wildman–Crippen MR) is 561 cm³/mol. The molecule has 10 aromatic carbocycles. The second kappa shape index (κ2) is 44.6. The van der Waals surface area contributed by atoms with Gasteiger partial charge < -0.3 is 52.1 Å². The van der Waals surface area contributed by atoms with Crippen LogP contribution in [0, 0.1) is 62.3 Å². The highest BCUT2D eigenvalue weighted by molar-refractivity contribution is 7.57. The molecule has 0 amide bonds. The fourth-order valence-electron chi connectivity index (χ4n) is 13.8. The van der Waals surface area contributed by atoms with E-state index in [2.05, 4.69) is 395 Å². The van der Waals surface area contributed by atoms with Crippen LogP contribution in [0.2, 0.25) is 0 Å². The normalized spacial score (nSPS) is 12.8. The Labute approximate surface area is 767 Å². The second-order valence-electron chi connectivity index (χ2n) is 43.6. The Morgan fingerprint density at radius 3 is 0.856 bits per heavy atom. The summed E-state index contributed by atoms with van der Waals surface area (Å²) >= 11 is 0. The van der Waals surface area contributed by atoms with Crippen LogP contribution >= 0.6 is 42.9 Å². The van der Waals surface area contributed by atoms with E-state index in [0.29, 0.717) is 71.7 Å². The van der Waals surface area contributed by atoms with Crippen LogP contribution in [0.15, 0.2) is 164 Å². The van der Waals surface area contributed by atoms with Crippen LogP contribution in [-0.4, -0.2) is 53.2 Å². The van der Waals surface area contributed by atoms with E-state index in [0.717, 1.165) is 81.5 Å². The lowest BCUT2D eigenvalue weighted by atomic mass is 9.80. The summed E-state index contributed by atoms with van der Waals surface area (Å²) in [7, 11) is 2.27. The van der Waals surface area contributed by atoms with E-state index in [4.69, 9.17) is 0 Å². The number of phenolic OH excluding ortho intramolecular Hbond substituents is 5. The number of rotatable bonds is 20. The molecule has 0 aliphatic rings. The first-order chi connectivity index (χ1) is 57.4. The molecule has 15 heteroatoms. The summed E-state index contributed by atoms with van der Waals surface area (Å²) in [5, 5.41) is 83.0. The molecule has 10 nitrogen and oxygen atoms in total. The molecule has 125 heavy (non-hydrogen) atoms. The number of hydrogen-bond acceptors (Lipinski definition) is 10. The van der Waals surface area contributed by atoms with Crippen molar-refractivity contribution in [3.8, 4) is 28.7 Å². The van der Waals surface area contributed by atoms with Gasteiger partial charge in [0.05, 0.1) is 0 Å². The average molecular weight is 1790 g/mol. The van der Waals surface area contributed by atoms with E-state index in [-0.39, 0.29) is 49.4 Å². The van der Waals surface area contributed by atoms with Crippen molar-refractivity contribution in [2.45, 2.75) is 331 Å². The van der Waals surface area contributed by atoms with Crippen LogP contribution in [-0.2, 0) is 54.4 Å². The quantitative estimate of drug-likeness (QED) is 0.0333. The summed E-state index contributed by atoms with van der Waals surface area (Å²) in [5.74, 6) is 2.17. The van der Waals surface area contributed by atoms with E-state index >= 15 is 0 Å². The van der Waals surface area contributed by atoms with Gasteiger partial charge in [-0.05, 0) is 328 Å². The van der Waals surface area contributed by atoms with Crippen molar-refractivity contribution >= 4 is 95.9 Å². The van der Waals surface area contributed by atoms with Crippen molar-refractivity contribution in [2.75, 3.05) is 0 Å². The first-order valence-corrected chi connectivity index (χ1v) is 49.6. The average Bonchev–Trinajstić information content (AvgIpc) is 0.770. The molecule has 680 valence electrons. The van der Waals surface area contributed by atoms with Crippen LogP contribution in [0.25, 0.3) is 0 Å². The summed E-state index contributed by atoms with van der Waals surface area (Å²) < 4.78 is 0. The third-order valence-corrected chi connectivity index (χ3v) is 29.3. The van der Waals surface area contributed by atoms with Gasteiger partial charge >= 0.3 is 0 Å². The Bertz CT molecular complexity index is 5190. The van der Waals surface area contributed by atoms with E-state index in [1.54, 1.807) is 6.07 Å². The van der Waals surface area contributed by atoms with Crippen molar-refractivity contribution in [3.05, 3.63) is 264 Å². The molecule has 0 radical (unpaired) electrons. The number of para-hydroxylation sites is 1. The van der Waals surface area contributed by atoms with Gasteiger partial charge in [0.15, 0.2) is 0 Å². The lowest BCUT2D eigenvalue weighted by Gasteiger charge is -2.28. The summed E-state index contributed by atoms with van der Waals surface area (Å²) in [5.41, 5.74) is 22.3. The van der Waals surface area contributed by atoms with Gasteiger partial charge in [-0.25, -0.2) is 0 Å². The Hall–Kier alpha value is -6.85. The van der Waals surface area contributed by atoms with E-state index in [1.807, 2.05) is 38.1 Å². The van der Waals surface area contributed by atoms with Gasteiger partial charge in [-0.3, -0.25) is 0 Å². The summed E-state index contributed by atoms with van der Waals surface area (Å²) in [6, 6.07) is 57.2. The zero-order valence-electron chi connectivity index (χ0n) is 83.4. The first-order valence-electron chi connectivity index (χ1n) is 44.6. The van der Waals surface area contributed by atoms with Gasteiger partial charge in [0.1, 0.15) is 28.7 Å². The van der Waals surface area contributed by atoms with Crippen molar-refractivity contribution in [1.82, 2.24) is 26.6 Å². The molecule has 0 aromatic heterocycles. The Balaban J connectivity index is 0.000000242. The minimum Gasteiger partial charge on any atom is -0.507 e. The molecule has 0 saturated heterocycles. The van der Waals surface area contributed by atoms with Crippen molar-refractivity contribution in [1.29, 1.82) is 0 Å². The van der Waals surface area contributed by atoms with E-state index < -0.39 is 0 Å². The topological polar surface area (TPSA) is 161 Å². The third kappa shape index (κ3) is 34.8. The van der Waals surface area contributed by atoms with Crippen molar-refractivity contribution < 1.29 is 25.5 Å². The number of phenols is 5. The molecular weight excluding hydrogens is 1630 g/mol. The Morgan fingerprint density at radius 2 is 0.520 bits per heavy atom. The molecule has 5 unspecified atom stereocenters. The minimum absolute atomic E-state index is 0.0370. The molecule has 5 atom stereocenters. The molecule has 0 bridgehead atoms. The molecule has 0 heterocycles. The largest absolute Gasteiger partial charge is 0.507 e. The van der Waals surface area contributed by atoms with Gasteiger partial charge in [-0.1, -0.05) is 265 Å². The van der Waals surface area contributed by atoms with Crippen LogP contribution in [0.1, 0.15) is 287 Å². The molecule has 0 aliphatic heterocycles. The molecular formula is C110H160N5O5P5. The fourth-order valence-corrected chi connectivity index (χ4v) is 20.7. The van der Waals surface area contributed by atoms with Crippen LogP contribution < -0.4 is 79.6 Å². The van der Waals surface area contributed by atoms with Crippen LogP contribution in [0.5, 0.6) is 28.7 Å². The highest BCUT2D eigenvalue weighted by Gasteiger charge is 2.29. The SMILES string of the molecule is Cc1cc(C(C)(C)C)cc(Pc2c(C)cccc2CNC(C)(C)C)c1O.Cc1cc(C)c(O)c(Pc2c(C)cccc2CNC(C)(C)C)c1.Cc1cc(Pc2c(C)cccc2CNC(C)(C)C)c(O)c(C(C)(C)C)c1.Cc1ccc(Pc2ccccc2O)c(CNC(C)(C)C)c1.Cc1cccc(CNC(C)(C)C)c1Pc1cc(C(C)(C)C)cc(C(C)(C)C)c1O. The van der Waals surface area contributed by atoms with Crippen LogP contribution in [0.4, 0.5) is 0 Å². The molecule has 10 aromatic rings. The maximum Gasteiger partial charge on any atom is 0.127 e. The Kier molecular flexibility index (Phi) is 38.2. The second-order valence-corrected chi connectivity index (χ2v) is 50.0. The number of benzene rings is 10. The lowest BCUT2D eigenvalue weighted by molar-refractivity contribution is 0.424. The zero-order valence-corrected chi connectivity index (χ0v) is 88.4. The summed E-state index contributed by atoms with van der Waals surface area (Å²) in [4.78, 5) is 0. The van der Waals surface area contributed by atoms with Crippen molar-refractivity contribution in [2.24, 2.45) is 0 Å². The molecule has 0 aliphatic carbocycles. The minimum atomic E-state index is -0.104. The van der Waals surface area contributed by atoms with Gasteiger partial charge in [0.25, 0.3) is 0 Å². The number of hydrogen-bond donors (Lipinski definition) is 10. The zero-order chi connectivity index (χ0) is 94.3. The first kappa shape index (κ1) is 107. The summed E-state index contributed by atoms with van der Waals surface area (Å²) in [6.45, 7) is 82.3. The number of aromatic hydroxyl groups is 5. The highest BCUT2D eigenvalue weighted by Crippen LogP contribution is 2.39. The van der Waals surface area contributed by atoms with Crippen LogP contribution in [0.3, 0.4) is 0 Å². The van der Waals surface area contributed by atoms with E-state index in [1.165, 1.54) is 104 Å². The highest BCUT2D eigenvalue weighted by atomic mass is 31.1. The lowest BCUT2D eigenvalue weighted by Crippen LogP contribution is -2.36. The standard InChI is InChI=1S/C26H40NOP.2C23H34NOP.C20H28NOP.C18H24NOP/c1-17-12-11-13-18(16-27-26(8,9)10)23(17)29-21-15-19(24(2,3)4)14-20(22(21)28)25(5,6)7;1-15-12-18(22(3,4)5)20(25)19(13-15)26-21-16(2)10-9-11-17(21)14-24-23(6,7)8;1-15-10-9-11-17(14-24-23(6,7)8)21(15)26-19-13-18(22(3,4)5)12-16(2)20(19)25;1-13-10-15(3)18(22)17(11-13)23-19-14(2)8-7-9-16(19)12-21-20(4,5)6;1-13-9-10-16(14(11-13)12-19-18(2,3)4)21-17-8-6-5-7-15(17)20/h11-15,27-29H,16H2,1-10H3;2*9-13,24-26H,14H2,1-8H3;7-11,21-23H,12H2,1-6H3;5-11,19-21H,12H2,1-4H3. The number of aryl methyl sites for hydroxylation is 9. The van der Waals surface area contributed by atoms with Gasteiger partial charge in [-0.15, -0.1) is 0 Å². The monoisotopic (exact) mass is 1790 g/mol. The molecule has 0 fully saturated rings. The molecule has 10 rings (SSSR count). The third-order valence-electron chi connectivity index (χ3n) is 21.4. The molecule has 0 saturated carbocycles. The number of nitrogens with one attached hydrogen (secondary N) is 5. The smallest absolute Gasteiger partial charge is 0.127 e.